The molecule has 1 amide bonds. The molecule has 0 radical (unpaired) electrons. The van der Waals surface area contributed by atoms with E-state index in [2.05, 4.69) is 36.0 Å². The second-order valence-corrected chi connectivity index (χ2v) is 7.75. The van der Waals surface area contributed by atoms with E-state index in [0.29, 0.717) is 17.2 Å². The van der Waals surface area contributed by atoms with Crippen molar-refractivity contribution in [1.82, 2.24) is 10.3 Å². The molecule has 5 N–H and O–H groups in total. The molecule has 1 aromatic heterocycles. The Morgan fingerprint density at radius 2 is 2.24 bits per heavy atom. The number of aromatic nitrogens is 1. The fourth-order valence-corrected chi connectivity index (χ4v) is 3.15. The lowest BCUT2D eigenvalue weighted by molar-refractivity contribution is 0.0954. The third-order valence-electron chi connectivity index (χ3n) is 3.50. The van der Waals surface area contributed by atoms with Gasteiger partial charge in [-0.1, -0.05) is 32.1 Å². The van der Waals surface area contributed by atoms with E-state index in [1.807, 2.05) is 0 Å². The molecule has 0 spiro atoms. The lowest BCUT2D eigenvalue weighted by atomic mass is 9.92. The van der Waals surface area contributed by atoms with Crippen LogP contribution in [0.2, 0.25) is 0 Å². The Hall–Kier alpha value is -1.34. The minimum atomic E-state index is -0.135. The Morgan fingerprint density at radius 1 is 1.52 bits per heavy atom. The van der Waals surface area contributed by atoms with Gasteiger partial charge < -0.3 is 21.7 Å². The first kappa shape index (κ1) is 16.0. The molecule has 118 valence electrons. The summed E-state index contributed by atoms with van der Waals surface area (Å²) in [4.78, 5) is 19.1. The third-order valence-corrected chi connectivity index (χ3v) is 4.63. The van der Waals surface area contributed by atoms with Crippen molar-refractivity contribution in [3.05, 3.63) is 4.88 Å². The number of hydrogen-bond donors (Lipinski definition) is 3. The number of rotatable bonds is 4. The molecule has 7 heteroatoms. The van der Waals surface area contributed by atoms with Crippen molar-refractivity contribution < 1.29 is 4.79 Å². The Kier molecular flexibility index (Phi) is 4.73. The van der Waals surface area contributed by atoms with Crippen LogP contribution in [0.3, 0.4) is 0 Å². The summed E-state index contributed by atoms with van der Waals surface area (Å²) in [5, 5.41) is 3.71. The Bertz CT molecular complexity index is 508. The van der Waals surface area contributed by atoms with Crippen LogP contribution in [-0.2, 0) is 0 Å². The smallest absolute Gasteiger partial charge is 0.265 e. The number of carbonyl (C=O) groups is 1. The monoisotopic (exact) mass is 311 g/mol. The SMILES string of the molecule is CC(C)(C)CCNC(=O)c1sc(N2CCC(N)C2)nc1N. The van der Waals surface area contributed by atoms with Gasteiger partial charge in [0.1, 0.15) is 10.7 Å². The molecule has 2 rings (SSSR count). The summed E-state index contributed by atoms with van der Waals surface area (Å²) in [6.07, 6.45) is 1.87. The van der Waals surface area contributed by atoms with Crippen LogP contribution < -0.4 is 21.7 Å². The average molecular weight is 311 g/mol. The lowest BCUT2D eigenvalue weighted by Gasteiger charge is -2.17. The van der Waals surface area contributed by atoms with Gasteiger partial charge in [-0.15, -0.1) is 0 Å². The quantitative estimate of drug-likeness (QED) is 0.781. The summed E-state index contributed by atoms with van der Waals surface area (Å²) in [7, 11) is 0. The molecule has 1 atom stereocenters. The molecule has 1 saturated heterocycles. The predicted molar refractivity (Wildman–Crippen MR) is 87.7 cm³/mol. The Morgan fingerprint density at radius 3 is 2.81 bits per heavy atom. The number of nitrogen functional groups attached to an aromatic ring is 1. The Balaban J connectivity index is 1.97. The number of nitrogens with two attached hydrogens (primary N) is 2. The van der Waals surface area contributed by atoms with Gasteiger partial charge in [-0.05, 0) is 18.3 Å². The van der Waals surface area contributed by atoms with Gasteiger partial charge >= 0.3 is 0 Å². The largest absolute Gasteiger partial charge is 0.382 e. The second kappa shape index (κ2) is 6.19. The summed E-state index contributed by atoms with van der Waals surface area (Å²) in [6.45, 7) is 8.74. The highest BCUT2D eigenvalue weighted by Crippen LogP contribution is 2.30. The highest BCUT2D eigenvalue weighted by Gasteiger charge is 2.25. The first-order valence-corrected chi connectivity index (χ1v) is 8.13. The maximum atomic E-state index is 12.2. The summed E-state index contributed by atoms with van der Waals surface area (Å²) in [5.41, 5.74) is 12.0. The Labute approximate surface area is 129 Å². The van der Waals surface area contributed by atoms with E-state index in [-0.39, 0.29) is 17.4 Å². The van der Waals surface area contributed by atoms with Crippen molar-refractivity contribution in [2.45, 2.75) is 39.7 Å². The van der Waals surface area contributed by atoms with Crippen molar-refractivity contribution in [1.29, 1.82) is 0 Å². The first-order chi connectivity index (χ1) is 9.76. The maximum Gasteiger partial charge on any atom is 0.265 e. The number of amides is 1. The molecule has 21 heavy (non-hydrogen) atoms. The van der Waals surface area contributed by atoms with E-state index in [1.54, 1.807) is 0 Å². The second-order valence-electron chi connectivity index (χ2n) is 6.77. The molecule has 1 aromatic rings. The average Bonchev–Trinajstić information content (AvgIpc) is 2.93. The van der Waals surface area contributed by atoms with Crippen molar-refractivity contribution in [2.75, 3.05) is 30.3 Å². The third kappa shape index (κ3) is 4.31. The van der Waals surface area contributed by atoms with Crippen LogP contribution in [0, 0.1) is 5.41 Å². The molecule has 1 unspecified atom stereocenters. The predicted octanol–water partition coefficient (Wildman–Crippen LogP) is 1.43. The van der Waals surface area contributed by atoms with Gasteiger partial charge in [0, 0.05) is 25.7 Å². The number of nitrogens with one attached hydrogen (secondary N) is 1. The van der Waals surface area contributed by atoms with Crippen LogP contribution in [0.1, 0.15) is 43.3 Å². The molecule has 0 saturated carbocycles. The van der Waals surface area contributed by atoms with Crippen LogP contribution in [0.5, 0.6) is 0 Å². The lowest BCUT2D eigenvalue weighted by Crippen LogP contribution is -2.27. The fraction of sp³-hybridized carbons (Fsp3) is 0.714. The summed E-state index contributed by atoms with van der Waals surface area (Å²) < 4.78 is 0. The zero-order valence-electron chi connectivity index (χ0n) is 13.0. The fourth-order valence-electron chi connectivity index (χ4n) is 2.21. The van der Waals surface area contributed by atoms with E-state index in [9.17, 15) is 4.79 Å². The molecular formula is C14H25N5OS. The molecule has 1 aliphatic rings. The molecule has 2 heterocycles. The standard InChI is InChI=1S/C14H25N5OS/c1-14(2,3)5-6-17-12(20)10-11(16)18-13(21-10)19-7-4-9(15)8-19/h9H,4-8,15-16H2,1-3H3,(H,17,20). The number of hydrogen-bond acceptors (Lipinski definition) is 6. The van der Waals surface area contributed by atoms with Crippen LogP contribution >= 0.6 is 11.3 Å². The van der Waals surface area contributed by atoms with Gasteiger partial charge in [-0.2, -0.15) is 0 Å². The van der Waals surface area contributed by atoms with Gasteiger partial charge in [0.25, 0.3) is 5.91 Å². The summed E-state index contributed by atoms with van der Waals surface area (Å²) >= 11 is 1.35. The number of anilines is 2. The van der Waals surface area contributed by atoms with Crippen LogP contribution in [-0.4, -0.2) is 36.6 Å². The van der Waals surface area contributed by atoms with E-state index < -0.39 is 0 Å². The van der Waals surface area contributed by atoms with Crippen molar-refractivity contribution in [3.63, 3.8) is 0 Å². The number of carbonyl (C=O) groups excluding carboxylic acids is 1. The van der Waals surface area contributed by atoms with E-state index in [1.165, 1.54) is 11.3 Å². The molecule has 6 nitrogen and oxygen atoms in total. The molecule has 0 aliphatic carbocycles. The summed E-state index contributed by atoms with van der Waals surface area (Å²) in [5.74, 6) is 0.174. The maximum absolute atomic E-state index is 12.2. The van der Waals surface area contributed by atoms with Crippen LogP contribution in [0.4, 0.5) is 10.9 Å². The van der Waals surface area contributed by atoms with E-state index >= 15 is 0 Å². The zero-order valence-corrected chi connectivity index (χ0v) is 13.8. The van der Waals surface area contributed by atoms with Crippen molar-refractivity contribution in [2.24, 2.45) is 11.1 Å². The zero-order chi connectivity index (χ0) is 15.6. The molecule has 1 aliphatic heterocycles. The molecule has 0 bridgehead atoms. The molecule has 0 aromatic carbocycles. The van der Waals surface area contributed by atoms with Crippen molar-refractivity contribution >= 4 is 28.2 Å². The first-order valence-electron chi connectivity index (χ1n) is 7.31. The van der Waals surface area contributed by atoms with Gasteiger partial charge in [0.2, 0.25) is 0 Å². The number of nitrogens with zero attached hydrogens (tertiary/aromatic N) is 2. The summed E-state index contributed by atoms with van der Waals surface area (Å²) in [6, 6.07) is 0.180. The van der Waals surface area contributed by atoms with Gasteiger partial charge in [-0.25, -0.2) is 4.98 Å². The van der Waals surface area contributed by atoms with E-state index in [4.69, 9.17) is 11.5 Å². The highest BCUT2D eigenvalue weighted by molar-refractivity contribution is 7.18. The minimum absolute atomic E-state index is 0.135. The molecular weight excluding hydrogens is 286 g/mol. The van der Waals surface area contributed by atoms with Crippen LogP contribution in [0.25, 0.3) is 0 Å². The van der Waals surface area contributed by atoms with Gasteiger partial charge in [-0.3, -0.25) is 4.79 Å². The minimum Gasteiger partial charge on any atom is -0.382 e. The van der Waals surface area contributed by atoms with E-state index in [0.717, 1.165) is 31.1 Å². The normalized spacial score (nSPS) is 19.0. The highest BCUT2D eigenvalue weighted by atomic mass is 32.1. The van der Waals surface area contributed by atoms with Gasteiger partial charge in [0.05, 0.1) is 0 Å². The van der Waals surface area contributed by atoms with Crippen LogP contribution in [0.15, 0.2) is 0 Å². The molecule has 1 fully saturated rings. The van der Waals surface area contributed by atoms with Gasteiger partial charge in [0.15, 0.2) is 5.13 Å². The number of thiazole rings is 1. The van der Waals surface area contributed by atoms with Crippen molar-refractivity contribution in [3.8, 4) is 0 Å². The topological polar surface area (TPSA) is 97.3 Å².